The second-order valence-corrected chi connectivity index (χ2v) is 5.63. The van der Waals surface area contributed by atoms with Crippen LogP contribution < -0.4 is 5.32 Å². The highest BCUT2D eigenvalue weighted by atomic mass is 32.1. The third-order valence-electron chi connectivity index (χ3n) is 3.19. The lowest BCUT2D eigenvalue weighted by atomic mass is 9.92. The van der Waals surface area contributed by atoms with Gasteiger partial charge >= 0.3 is 5.97 Å². The molecular formula is C12H17NO3S. The Bertz CT molecular complexity index is 396. The SMILES string of the molecule is CC1(NCc2cc(C(=O)O)cs2)CCOCC1. The van der Waals surface area contributed by atoms with E-state index >= 15 is 0 Å². The average molecular weight is 255 g/mol. The van der Waals surface area contributed by atoms with Gasteiger partial charge < -0.3 is 15.2 Å². The number of hydrogen-bond acceptors (Lipinski definition) is 4. The van der Waals surface area contributed by atoms with E-state index in [9.17, 15) is 4.79 Å². The van der Waals surface area contributed by atoms with Gasteiger partial charge in [0.1, 0.15) is 0 Å². The highest BCUT2D eigenvalue weighted by Gasteiger charge is 2.26. The monoisotopic (exact) mass is 255 g/mol. The summed E-state index contributed by atoms with van der Waals surface area (Å²) in [6, 6.07) is 1.74. The van der Waals surface area contributed by atoms with Crippen LogP contribution in [0.3, 0.4) is 0 Å². The fourth-order valence-corrected chi connectivity index (χ4v) is 2.68. The molecule has 1 fully saturated rings. The molecule has 1 aliphatic rings. The lowest BCUT2D eigenvalue weighted by Gasteiger charge is -2.34. The summed E-state index contributed by atoms with van der Waals surface area (Å²) < 4.78 is 5.34. The molecule has 5 heteroatoms. The normalized spacial score (nSPS) is 19.1. The molecule has 0 bridgehead atoms. The third kappa shape index (κ3) is 3.28. The minimum absolute atomic E-state index is 0.117. The molecule has 0 unspecified atom stereocenters. The largest absolute Gasteiger partial charge is 0.478 e. The van der Waals surface area contributed by atoms with Crippen LogP contribution in [0.4, 0.5) is 0 Å². The zero-order valence-corrected chi connectivity index (χ0v) is 10.7. The minimum atomic E-state index is -0.857. The number of carbonyl (C=O) groups is 1. The van der Waals surface area contributed by atoms with Crippen molar-refractivity contribution < 1.29 is 14.6 Å². The molecule has 2 heterocycles. The van der Waals surface area contributed by atoms with Crippen molar-refractivity contribution in [2.24, 2.45) is 0 Å². The second kappa shape index (κ2) is 5.16. The number of hydrogen-bond donors (Lipinski definition) is 2. The van der Waals surface area contributed by atoms with Crippen LogP contribution in [0.25, 0.3) is 0 Å². The predicted octanol–water partition coefficient (Wildman–Crippen LogP) is 2.11. The summed E-state index contributed by atoms with van der Waals surface area (Å²) >= 11 is 1.49. The van der Waals surface area contributed by atoms with E-state index < -0.39 is 5.97 Å². The van der Waals surface area contributed by atoms with Crippen LogP contribution in [0, 0.1) is 0 Å². The summed E-state index contributed by atoms with van der Waals surface area (Å²) in [6.07, 6.45) is 2.01. The summed E-state index contributed by atoms with van der Waals surface area (Å²) in [5.41, 5.74) is 0.495. The molecule has 0 aromatic carbocycles. The van der Waals surface area contributed by atoms with Crippen LogP contribution in [-0.4, -0.2) is 29.8 Å². The molecule has 0 atom stereocenters. The van der Waals surface area contributed by atoms with Crippen LogP contribution in [0.2, 0.25) is 0 Å². The molecule has 17 heavy (non-hydrogen) atoms. The lowest BCUT2D eigenvalue weighted by molar-refractivity contribution is 0.0447. The molecule has 0 saturated carbocycles. The van der Waals surface area contributed by atoms with Gasteiger partial charge in [-0.1, -0.05) is 0 Å². The number of ether oxygens (including phenoxy) is 1. The van der Waals surface area contributed by atoms with Gasteiger partial charge in [-0.15, -0.1) is 11.3 Å². The van der Waals surface area contributed by atoms with E-state index in [4.69, 9.17) is 9.84 Å². The van der Waals surface area contributed by atoms with Crippen molar-refractivity contribution in [3.8, 4) is 0 Å². The van der Waals surface area contributed by atoms with E-state index in [0.29, 0.717) is 5.56 Å². The average Bonchev–Trinajstić information content (AvgIpc) is 2.76. The van der Waals surface area contributed by atoms with Gasteiger partial charge in [-0.2, -0.15) is 0 Å². The van der Waals surface area contributed by atoms with Gasteiger partial charge in [0.25, 0.3) is 0 Å². The number of rotatable bonds is 4. The summed E-state index contributed by atoms with van der Waals surface area (Å²) in [6.45, 7) is 4.53. The van der Waals surface area contributed by atoms with Crippen LogP contribution in [0.15, 0.2) is 11.4 Å². The highest BCUT2D eigenvalue weighted by Crippen LogP contribution is 2.22. The molecule has 4 nitrogen and oxygen atoms in total. The maximum absolute atomic E-state index is 10.8. The van der Waals surface area contributed by atoms with Crippen molar-refractivity contribution >= 4 is 17.3 Å². The Morgan fingerprint density at radius 1 is 1.59 bits per heavy atom. The fourth-order valence-electron chi connectivity index (χ4n) is 1.88. The Labute approximate surface area is 105 Å². The smallest absolute Gasteiger partial charge is 0.336 e. The molecule has 0 amide bonds. The Hall–Kier alpha value is -0.910. The van der Waals surface area contributed by atoms with Crippen molar-refractivity contribution in [3.63, 3.8) is 0 Å². The zero-order chi connectivity index (χ0) is 12.3. The Balaban J connectivity index is 1.90. The number of thiophene rings is 1. The van der Waals surface area contributed by atoms with E-state index in [1.807, 2.05) is 0 Å². The van der Waals surface area contributed by atoms with Crippen LogP contribution in [0.5, 0.6) is 0 Å². The highest BCUT2D eigenvalue weighted by molar-refractivity contribution is 7.10. The van der Waals surface area contributed by atoms with E-state index in [0.717, 1.165) is 37.5 Å². The molecule has 0 aliphatic carbocycles. The molecule has 2 rings (SSSR count). The van der Waals surface area contributed by atoms with Crippen molar-refractivity contribution in [1.29, 1.82) is 0 Å². The van der Waals surface area contributed by atoms with Gasteiger partial charge in [-0.05, 0) is 25.8 Å². The predicted molar refractivity (Wildman–Crippen MR) is 66.6 cm³/mol. The first-order chi connectivity index (χ1) is 8.09. The van der Waals surface area contributed by atoms with Crippen molar-refractivity contribution in [3.05, 3.63) is 21.9 Å². The van der Waals surface area contributed by atoms with E-state index in [2.05, 4.69) is 12.2 Å². The summed E-state index contributed by atoms with van der Waals surface area (Å²) in [5, 5.41) is 14.0. The quantitative estimate of drug-likeness (QED) is 0.865. The van der Waals surface area contributed by atoms with Gasteiger partial charge in [-0.25, -0.2) is 4.79 Å². The molecule has 1 saturated heterocycles. The lowest BCUT2D eigenvalue weighted by Crippen LogP contribution is -2.46. The topological polar surface area (TPSA) is 58.6 Å². The van der Waals surface area contributed by atoms with Gasteiger partial charge in [0.05, 0.1) is 5.56 Å². The van der Waals surface area contributed by atoms with E-state index in [1.54, 1.807) is 11.4 Å². The summed E-state index contributed by atoms with van der Waals surface area (Å²) in [4.78, 5) is 11.8. The van der Waals surface area contributed by atoms with Crippen molar-refractivity contribution in [1.82, 2.24) is 5.32 Å². The minimum Gasteiger partial charge on any atom is -0.478 e. The maximum Gasteiger partial charge on any atom is 0.336 e. The zero-order valence-electron chi connectivity index (χ0n) is 9.86. The van der Waals surface area contributed by atoms with E-state index in [1.165, 1.54) is 11.3 Å². The molecule has 94 valence electrons. The van der Waals surface area contributed by atoms with E-state index in [-0.39, 0.29) is 5.54 Å². The van der Waals surface area contributed by atoms with Gasteiger partial charge in [0, 0.05) is 35.6 Å². The summed E-state index contributed by atoms with van der Waals surface area (Å²) in [7, 11) is 0. The number of carboxylic acids is 1. The number of aromatic carboxylic acids is 1. The van der Waals surface area contributed by atoms with Crippen LogP contribution in [-0.2, 0) is 11.3 Å². The van der Waals surface area contributed by atoms with Crippen molar-refractivity contribution in [2.75, 3.05) is 13.2 Å². The van der Waals surface area contributed by atoms with Gasteiger partial charge in [0.2, 0.25) is 0 Å². The Kier molecular flexibility index (Phi) is 3.81. The van der Waals surface area contributed by atoms with Crippen LogP contribution in [0.1, 0.15) is 35.0 Å². The van der Waals surface area contributed by atoms with Crippen molar-refractivity contribution in [2.45, 2.75) is 31.8 Å². The molecule has 1 aromatic rings. The second-order valence-electron chi connectivity index (χ2n) is 4.63. The number of carboxylic acid groups (broad SMARTS) is 1. The standard InChI is InChI=1S/C12H17NO3S/c1-12(2-4-16-5-3-12)13-7-10-6-9(8-17-10)11(14)15/h6,8,13H,2-5,7H2,1H3,(H,14,15). The Morgan fingerprint density at radius 3 is 2.88 bits per heavy atom. The molecule has 1 aliphatic heterocycles. The third-order valence-corrected chi connectivity index (χ3v) is 4.12. The van der Waals surface area contributed by atoms with Gasteiger partial charge in [0.15, 0.2) is 0 Å². The molecule has 0 radical (unpaired) electrons. The van der Waals surface area contributed by atoms with Crippen LogP contribution >= 0.6 is 11.3 Å². The summed E-state index contributed by atoms with van der Waals surface area (Å²) in [5.74, 6) is -0.857. The molecule has 0 spiro atoms. The fraction of sp³-hybridized carbons (Fsp3) is 0.583. The maximum atomic E-state index is 10.8. The molecule has 1 aromatic heterocycles. The molecular weight excluding hydrogens is 238 g/mol. The Morgan fingerprint density at radius 2 is 2.29 bits per heavy atom. The number of nitrogens with one attached hydrogen (secondary N) is 1. The first-order valence-corrected chi connectivity index (χ1v) is 6.60. The first-order valence-electron chi connectivity index (χ1n) is 5.73. The first kappa shape index (κ1) is 12.5. The molecule has 2 N–H and O–H groups in total. The van der Waals surface area contributed by atoms with Gasteiger partial charge in [-0.3, -0.25) is 0 Å².